The van der Waals surface area contributed by atoms with Crippen LogP contribution < -0.4 is 32.3 Å². The van der Waals surface area contributed by atoms with Gasteiger partial charge in [0.1, 0.15) is 12.4 Å². The molecule has 7 N–H and O–H groups in total. The Balaban J connectivity index is 0. The lowest BCUT2D eigenvalue weighted by atomic mass is 10.0. The van der Waals surface area contributed by atoms with Gasteiger partial charge in [-0.05, 0) is 79.2 Å². The van der Waals surface area contributed by atoms with E-state index >= 15 is 0 Å². The second kappa shape index (κ2) is 25.7. The van der Waals surface area contributed by atoms with Crippen LogP contribution in [0.1, 0.15) is 73.6 Å². The maximum Gasteiger partial charge on any atom is 0.117 e. The van der Waals surface area contributed by atoms with Crippen molar-refractivity contribution in [2.45, 2.75) is 85.2 Å². The molecule has 0 aliphatic rings. The number of rotatable bonds is 23. The van der Waals surface area contributed by atoms with E-state index in [2.05, 4.69) is 53.9 Å². The molecule has 0 saturated carbocycles. The number of allylic oxidation sites excluding steroid dienone is 3. The van der Waals surface area contributed by atoms with Crippen LogP contribution in [0, 0.1) is 0 Å². The third-order valence-electron chi connectivity index (χ3n) is 5.43. The Bertz CT molecular complexity index is 534. The second-order valence-electron chi connectivity index (χ2n) is 9.21. The monoisotopic (exact) mass is 496 g/mol. The first-order valence-corrected chi connectivity index (χ1v) is 13.8. The highest BCUT2D eigenvalue weighted by Crippen LogP contribution is 2.05. The topological polar surface area (TPSA) is 95.4 Å². The van der Waals surface area contributed by atoms with Crippen molar-refractivity contribution in [2.75, 3.05) is 59.5 Å². The molecule has 0 heterocycles. The zero-order valence-electron chi connectivity index (χ0n) is 24.2. The largest absolute Gasteiger partial charge is 0.493 e. The van der Waals surface area contributed by atoms with Gasteiger partial charge in [0.2, 0.25) is 0 Å². The minimum absolute atomic E-state index is 0.0897. The van der Waals surface area contributed by atoms with Gasteiger partial charge in [-0.2, -0.15) is 0 Å². The van der Waals surface area contributed by atoms with Crippen molar-refractivity contribution < 1.29 is 4.74 Å². The van der Waals surface area contributed by atoms with Crippen molar-refractivity contribution in [1.29, 1.82) is 0 Å². The number of nitrogens with one attached hydrogen (secondary N) is 5. The average molecular weight is 497 g/mol. The predicted octanol–water partition coefficient (Wildman–Crippen LogP) is 3.66. The highest BCUT2D eigenvalue weighted by Gasteiger charge is 2.17. The number of hydrogen-bond donors (Lipinski definition) is 6. The fraction of sp³-hybridized carbons (Fsp3) is 0.786. The Morgan fingerprint density at radius 1 is 1.03 bits per heavy atom. The van der Waals surface area contributed by atoms with E-state index in [1.54, 1.807) is 0 Å². The van der Waals surface area contributed by atoms with Crippen molar-refractivity contribution in [3.63, 3.8) is 0 Å². The summed E-state index contributed by atoms with van der Waals surface area (Å²) in [7, 11) is 1.98. The first kappa shape index (κ1) is 35.8. The van der Waals surface area contributed by atoms with E-state index in [0.717, 1.165) is 76.5 Å². The van der Waals surface area contributed by atoms with Gasteiger partial charge < -0.3 is 37.1 Å². The molecular weight excluding hydrogens is 436 g/mol. The van der Waals surface area contributed by atoms with Crippen molar-refractivity contribution >= 4 is 0 Å². The van der Waals surface area contributed by atoms with Crippen LogP contribution in [0.2, 0.25) is 0 Å². The molecule has 0 rings (SSSR count). The van der Waals surface area contributed by atoms with E-state index in [4.69, 9.17) is 10.5 Å². The van der Waals surface area contributed by atoms with Crippen molar-refractivity contribution in [2.24, 2.45) is 5.73 Å². The van der Waals surface area contributed by atoms with Gasteiger partial charge in [0.25, 0.3) is 0 Å². The summed E-state index contributed by atoms with van der Waals surface area (Å²) < 4.78 is 5.92. The Hall–Kier alpha value is -1.38. The Labute approximate surface area is 218 Å². The molecule has 0 bridgehead atoms. The van der Waals surface area contributed by atoms with Gasteiger partial charge in [-0.25, -0.2) is 0 Å². The highest BCUT2D eigenvalue weighted by molar-refractivity contribution is 5.24. The van der Waals surface area contributed by atoms with Gasteiger partial charge >= 0.3 is 0 Å². The van der Waals surface area contributed by atoms with Crippen LogP contribution in [0.25, 0.3) is 0 Å². The fourth-order valence-electron chi connectivity index (χ4n) is 3.20. The van der Waals surface area contributed by atoms with Gasteiger partial charge in [0, 0.05) is 56.1 Å². The highest BCUT2D eigenvalue weighted by atomic mass is 16.5. The first-order chi connectivity index (χ1) is 16.9. The molecule has 0 aromatic carbocycles. The molecule has 0 saturated heterocycles. The lowest BCUT2D eigenvalue weighted by Gasteiger charge is -2.29. The maximum atomic E-state index is 5.92. The fourth-order valence-corrected chi connectivity index (χ4v) is 3.20. The number of likely N-dealkylation sites (N-methyl/N-ethyl adjacent to an activating group) is 1. The lowest BCUT2D eigenvalue weighted by Crippen LogP contribution is -2.51. The molecule has 0 aliphatic carbocycles. The molecule has 0 aromatic rings. The first-order valence-electron chi connectivity index (χ1n) is 13.8. The summed E-state index contributed by atoms with van der Waals surface area (Å²) in [5.41, 5.74) is 6.63. The summed E-state index contributed by atoms with van der Waals surface area (Å²) in [5.74, 6) is 0.866. The van der Waals surface area contributed by atoms with E-state index in [0.29, 0.717) is 12.6 Å². The summed E-state index contributed by atoms with van der Waals surface area (Å²) in [5, 5.41) is 17.3. The SMILES string of the molecule is C=C/C(=C\C(=C/C)OCCNCCC(C)NCC(C)(C)NCCNC)NCCCCCCN.CC. The zero-order valence-corrected chi connectivity index (χ0v) is 24.2. The molecule has 0 aliphatic heterocycles. The van der Waals surface area contributed by atoms with Crippen molar-refractivity contribution in [3.8, 4) is 0 Å². The molecular formula is C28H60N6O. The molecule has 0 spiro atoms. The van der Waals surface area contributed by atoms with Crippen LogP contribution in [0.3, 0.4) is 0 Å². The molecule has 0 radical (unpaired) electrons. The minimum Gasteiger partial charge on any atom is -0.493 e. The molecule has 7 nitrogen and oxygen atoms in total. The molecule has 35 heavy (non-hydrogen) atoms. The summed E-state index contributed by atoms with van der Waals surface area (Å²) >= 11 is 0. The quantitative estimate of drug-likeness (QED) is 0.0730. The van der Waals surface area contributed by atoms with E-state index in [1.807, 2.05) is 46.0 Å². The van der Waals surface area contributed by atoms with Crippen LogP contribution in [-0.2, 0) is 4.74 Å². The summed E-state index contributed by atoms with van der Waals surface area (Å²) in [4.78, 5) is 0. The Kier molecular flexibility index (Phi) is 26.3. The number of ether oxygens (including phenoxy) is 1. The molecule has 1 atom stereocenters. The van der Waals surface area contributed by atoms with Gasteiger partial charge in [0.05, 0.1) is 0 Å². The van der Waals surface area contributed by atoms with E-state index < -0.39 is 0 Å². The van der Waals surface area contributed by atoms with E-state index in [-0.39, 0.29) is 5.54 Å². The number of nitrogens with two attached hydrogens (primary N) is 1. The molecule has 0 fully saturated rings. The smallest absolute Gasteiger partial charge is 0.117 e. The number of hydrogen-bond acceptors (Lipinski definition) is 7. The molecule has 1 unspecified atom stereocenters. The second-order valence-corrected chi connectivity index (χ2v) is 9.21. The molecule has 7 heteroatoms. The van der Waals surface area contributed by atoms with E-state index in [9.17, 15) is 0 Å². The zero-order chi connectivity index (χ0) is 26.8. The van der Waals surface area contributed by atoms with Gasteiger partial charge in [0.15, 0.2) is 0 Å². The van der Waals surface area contributed by atoms with E-state index in [1.165, 1.54) is 12.8 Å². The molecule has 0 aromatic heterocycles. The predicted molar refractivity (Wildman–Crippen MR) is 156 cm³/mol. The lowest BCUT2D eigenvalue weighted by molar-refractivity contribution is 0.223. The summed E-state index contributed by atoms with van der Waals surface area (Å²) in [6.07, 6.45) is 11.6. The normalized spacial score (nSPS) is 13.1. The maximum absolute atomic E-state index is 5.92. The van der Waals surface area contributed by atoms with Crippen LogP contribution in [0.15, 0.2) is 36.3 Å². The van der Waals surface area contributed by atoms with Crippen LogP contribution in [-0.4, -0.2) is 71.0 Å². The van der Waals surface area contributed by atoms with Crippen molar-refractivity contribution in [1.82, 2.24) is 26.6 Å². The van der Waals surface area contributed by atoms with Gasteiger partial charge in [-0.1, -0.05) is 33.3 Å². The van der Waals surface area contributed by atoms with Crippen LogP contribution in [0.4, 0.5) is 0 Å². The molecule has 208 valence electrons. The van der Waals surface area contributed by atoms with Gasteiger partial charge in [-0.15, -0.1) is 0 Å². The van der Waals surface area contributed by atoms with Crippen LogP contribution >= 0.6 is 0 Å². The third kappa shape index (κ3) is 24.1. The standard InChI is InChI=1S/C26H54N6O.C2H6/c1-7-24(30-15-12-10-9-11-14-27)21-25(8-2)33-20-19-29-16-13-23(3)31-22-26(4,5)32-18-17-28-6;1-2/h7-8,21,23,28-32H,1,9-20,22,27H2,2-6H3;1-2H3/b24-21+,25-8+;. The Morgan fingerprint density at radius 2 is 1.74 bits per heavy atom. The average Bonchev–Trinajstić information content (AvgIpc) is 2.86. The Morgan fingerprint density at radius 3 is 2.37 bits per heavy atom. The molecule has 0 amide bonds. The minimum atomic E-state index is 0.0897. The summed E-state index contributed by atoms with van der Waals surface area (Å²) in [6.45, 7) is 23.7. The summed E-state index contributed by atoms with van der Waals surface area (Å²) in [6, 6.07) is 0.467. The van der Waals surface area contributed by atoms with Crippen LogP contribution in [0.5, 0.6) is 0 Å². The van der Waals surface area contributed by atoms with Crippen molar-refractivity contribution in [3.05, 3.63) is 36.3 Å². The number of unbranched alkanes of at least 4 members (excludes halogenated alkanes) is 3. The van der Waals surface area contributed by atoms with Gasteiger partial charge in [-0.3, -0.25) is 0 Å². The third-order valence-corrected chi connectivity index (χ3v) is 5.43.